The number of nitro benzene ring substituents is 1. The van der Waals surface area contributed by atoms with Gasteiger partial charge in [-0.25, -0.2) is 0 Å². The largest absolute Gasteiger partial charge is 0.270 e. The fourth-order valence-electron chi connectivity index (χ4n) is 2.11. The average molecular weight is 354 g/mol. The summed E-state index contributed by atoms with van der Waals surface area (Å²) in [5, 5.41) is 24.3. The van der Waals surface area contributed by atoms with E-state index in [9.17, 15) is 10.1 Å². The number of nitro groups is 1. The molecule has 3 aromatic rings. The van der Waals surface area contributed by atoms with Crippen LogP contribution in [0.2, 0.25) is 0 Å². The van der Waals surface area contributed by atoms with Crippen LogP contribution in [0.5, 0.6) is 0 Å². The van der Waals surface area contributed by atoms with Gasteiger partial charge in [-0.1, -0.05) is 30.8 Å². The number of benzene rings is 1. The molecule has 0 fully saturated rings. The number of hydrogen-bond acceptors (Lipinski definition) is 7. The number of nitrogens with zero attached hydrogens (tertiary/aromatic N) is 6. The van der Waals surface area contributed by atoms with Crippen LogP contribution in [-0.4, -0.2) is 36.7 Å². The highest BCUT2D eigenvalue weighted by atomic mass is 32.2. The Morgan fingerprint density at radius 2 is 2.20 bits per heavy atom. The Hall–Kier alpha value is -3.07. The fraction of sp³-hybridized carbons (Fsp3) is 0.125. The first-order valence-electron chi connectivity index (χ1n) is 7.46. The van der Waals surface area contributed by atoms with Crippen LogP contribution in [-0.2, 0) is 0 Å². The van der Waals surface area contributed by atoms with Crippen molar-refractivity contribution in [1.82, 2.24) is 19.9 Å². The Bertz CT molecular complexity index is 910. The molecule has 0 aliphatic rings. The Labute approximate surface area is 147 Å². The first-order chi connectivity index (χ1) is 12.2. The lowest BCUT2D eigenvalue weighted by Gasteiger charge is -2.03. The van der Waals surface area contributed by atoms with Crippen molar-refractivity contribution in [2.75, 3.05) is 5.75 Å². The summed E-state index contributed by atoms with van der Waals surface area (Å²) in [6.45, 7) is 2.01. The molecule has 0 aliphatic heterocycles. The fourth-order valence-corrected chi connectivity index (χ4v) is 2.72. The SMILES string of the molecule is CCSc1nnc(-c2cccnc2)n1N=Cc1cccc([N+](=O)[O-])c1. The average Bonchev–Trinajstić information content (AvgIpc) is 3.04. The zero-order valence-corrected chi connectivity index (χ0v) is 14.1. The number of thioether (sulfide) groups is 1. The van der Waals surface area contributed by atoms with Crippen LogP contribution in [0, 0.1) is 10.1 Å². The van der Waals surface area contributed by atoms with Gasteiger partial charge in [-0.2, -0.15) is 9.78 Å². The second kappa shape index (κ2) is 7.67. The van der Waals surface area contributed by atoms with Crippen molar-refractivity contribution < 1.29 is 4.92 Å². The van der Waals surface area contributed by atoms with Gasteiger partial charge in [0.2, 0.25) is 5.16 Å². The van der Waals surface area contributed by atoms with Crippen LogP contribution in [0.4, 0.5) is 5.69 Å². The summed E-state index contributed by atoms with van der Waals surface area (Å²) in [7, 11) is 0. The van der Waals surface area contributed by atoms with E-state index in [-0.39, 0.29) is 5.69 Å². The Morgan fingerprint density at radius 3 is 2.92 bits per heavy atom. The van der Waals surface area contributed by atoms with E-state index in [0.717, 1.165) is 11.3 Å². The van der Waals surface area contributed by atoms with E-state index in [4.69, 9.17) is 0 Å². The first-order valence-corrected chi connectivity index (χ1v) is 8.45. The van der Waals surface area contributed by atoms with Crippen molar-refractivity contribution >= 4 is 23.7 Å². The molecule has 0 spiro atoms. The van der Waals surface area contributed by atoms with Crippen LogP contribution in [0.15, 0.2) is 59.0 Å². The molecule has 9 heteroatoms. The maximum Gasteiger partial charge on any atom is 0.270 e. The first kappa shape index (κ1) is 16.8. The van der Waals surface area contributed by atoms with E-state index < -0.39 is 4.92 Å². The van der Waals surface area contributed by atoms with Crippen LogP contribution in [0.3, 0.4) is 0 Å². The minimum atomic E-state index is -0.435. The van der Waals surface area contributed by atoms with Gasteiger partial charge in [0.15, 0.2) is 5.82 Å². The van der Waals surface area contributed by atoms with Crippen LogP contribution in [0.25, 0.3) is 11.4 Å². The van der Waals surface area contributed by atoms with Gasteiger partial charge in [-0.15, -0.1) is 10.2 Å². The molecule has 0 saturated heterocycles. The van der Waals surface area contributed by atoms with Gasteiger partial charge in [0.25, 0.3) is 5.69 Å². The lowest BCUT2D eigenvalue weighted by Crippen LogP contribution is -1.97. The lowest BCUT2D eigenvalue weighted by atomic mass is 10.2. The minimum absolute atomic E-state index is 0.0170. The third-order valence-corrected chi connectivity index (χ3v) is 4.01. The Balaban J connectivity index is 1.99. The van der Waals surface area contributed by atoms with Crippen molar-refractivity contribution in [1.29, 1.82) is 0 Å². The zero-order valence-electron chi connectivity index (χ0n) is 13.3. The predicted molar refractivity (Wildman–Crippen MR) is 95.7 cm³/mol. The maximum atomic E-state index is 10.9. The Kier molecular flexibility index (Phi) is 5.14. The molecule has 0 N–H and O–H groups in total. The van der Waals surface area contributed by atoms with E-state index >= 15 is 0 Å². The van der Waals surface area contributed by atoms with Gasteiger partial charge in [0.05, 0.1) is 11.1 Å². The molecule has 0 unspecified atom stereocenters. The molecule has 0 bridgehead atoms. The third-order valence-electron chi connectivity index (χ3n) is 3.21. The highest BCUT2D eigenvalue weighted by Gasteiger charge is 2.13. The topological polar surface area (TPSA) is 99.1 Å². The molecule has 126 valence electrons. The summed E-state index contributed by atoms with van der Waals surface area (Å²) in [6, 6.07) is 9.95. The van der Waals surface area contributed by atoms with E-state index in [0.29, 0.717) is 16.5 Å². The zero-order chi connectivity index (χ0) is 17.6. The lowest BCUT2D eigenvalue weighted by molar-refractivity contribution is -0.384. The summed E-state index contributed by atoms with van der Waals surface area (Å²) in [4.78, 5) is 14.5. The molecule has 2 heterocycles. The monoisotopic (exact) mass is 354 g/mol. The van der Waals surface area contributed by atoms with Crippen molar-refractivity contribution in [3.8, 4) is 11.4 Å². The molecule has 0 radical (unpaired) electrons. The van der Waals surface area contributed by atoms with E-state index in [1.807, 2.05) is 19.1 Å². The van der Waals surface area contributed by atoms with Gasteiger partial charge in [-0.05, 0) is 17.9 Å². The quantitative estimate of drug-likeness (QED) is 0.292. The van der Waals surface area contributed by atoms with E-state index in [2.05, 4.69) is 20.3 Å². The molecular formula is C16H14N6O2S. The van der Waals surface area contributed by atoms with Crippen LogP contribution >= 0.6 is 11.8 Å². The van der Waals surface area contributed by atoms with Crippen LogP contribution in [0.1, 0.15) is 12.5 Å². The predicted octanol–water partition coefficient (Wildman–Crippen LogP) is 3.24. The summed E-state index contributed by atoms with van der Waals surface area (Å²) in [6.07, 6.45) is 4.91. The minimum Gasteiger partial charge on any atom is -0.264 e. The molecule has 0 atom stereocenters. The summed E-state index contributed by atoms with van der Waals surface area (Å²) in [5.74, 6) is 1.38. The molecule has 0 aliphatic carbocycles. The summed E-state index contributed by atoms with van der Waals surface area (Å²) < 4.78 is 1.62. The molecule has 0 saturated carbocycles. The smallest absolute Gasteiger partial charge is 0.264 e. The van der Waals surface area contributed by atoms with Gasteiger partial charge in [-0.3, -0.25) is 15.1 Å². The van der Waals surface area contributed by atoms with Crippen molar-refractivity contribution in [3.63, 3.8) is 0 Å². The van der Waals surface area contributed by atoms with Crippen molar-refractivity contribution in [3.05, 3.63) is 64.5 Å². The molecule has 3 rings (SSSR count). The van der Waals surface area contributed by atoms with Gasteiger partial charge in [0.1, 0.15) is 0 Å². The van der Waals surface area contributed by atoms with Gasteiger partial charge >= 0.3 is 0 Å². The van der Waals surface area contributed by atoms with E-state index in [1.54, 1.807) is 35.4 Å². The molecule has 2 aromatic heterocycles. The molecule has 8 nitrogen and oxygen atoms in total. The number of hydrogen-bond donors (Lipinski definition) is 0. The molecule has 0 amide bonds. The third kappa shape index (κ3) is 3.89. The Morgan fingerprint density at radius 1 is 1.32 bits per heavy atom. The highest BCUT2D eigenvalue weighted by Crippen LogP contribution is 2.23. The van der Waals surface area contributed by atoms with Crippen molar-refractivity contribution in [2.45, 2.75) is 12.1 Å². The second-order valence-electron chi connectivity index (χ2n) is 4.89. The van der Waals surface area contributed by atoms with Gasteiger partial charge in [0, 0.05) is 35.7 Å². The molecule has 25 heavy (non-hydrogen) atoms. The summed E-state index contributed by atoms with van der Waals surface area (Å²) >= 11 is 1.51. The molecule has 1 aromatic carbocycles. The second-order valence-corrected chi connectivity index (χ2v) is 6.12. The molecular weight excluding hydrogens is 340 g/mol. The van der Waals surface area contributed by atoms with Gasteiger partial charge < -0.3 is 0 Å². The number of non-ortho nitro benzene ring substituents is 1. The normalized spacial score (nSPS) is 11.1. The van der Waals surface area contributed by atoms with E-state index in [1.165, 1.54) is 23.9 Å². The standard InChI is InChI=1S/C16H14N6O2S/c1-2-25-16-20-19-15(13-6-4-8-17-11-13)21(16)18-10-12-5-3-7-14(9-12)22(23)24/h3-11H,2H2,1H3. The number of rotatable bonds is 6. The summed E-state index contributed by atoms with van der Waals surface area (Å²) in [5.41, 5.74) is 1.42. The van der Waals surface area contributed by atoms with Crippen molar-refractivity contribution in [2.24, 2.45) is 5.10 Å². The highest BCUT2D eigenvalue weighted by molar-refractivity contribution is 7.99. The number of aromatic nitrogens is 4. The number of pyridine rings is 1. The maximum absolute atomic E-state index is 10.9. The van der Waals surface area contributed by atoms with Crippen LogP contribution < -0.4 is 0 Å².